The lowest BCUT2D eigenvalue weighted by molar-refractivity contribution is -0.122. The number of hydrazone groups is 1. The molecule has 0 unspecified atom stereocenters. The molecule has 1 N–H and O–H groups in total. The highest BCUT2D eigenvalue weighted by Crippen LogP contribution is 2.59. The topological polar surface area (TPSA) is 41.5 Å². The van der Waals surface area contributed by atoms with Crippen molar-refractivity contribution in [1.82, 2.24) is 5.43 Å². The highest BCUT2D eigenvalue weighted by Gasteiger charge is 2.60. The Bertz CT molecular complexity index is 727. The molecule has 25 heavy (non-hydrogen) atoms. The summed E-state index contributed by atoms with van der Waals surface area (Å²) in [5.74, 6) is 0.235. The van der Waals surface area contributed by atoms with Crippen LogP contribution in [0.5, 0.6) is 0 Å². The van der Waals surface area contributed by atoms with Crippen LogP contribution in [0.25, 0.3) is 0 Å². The predicted octanol–water partition coefficient (Wildman–Crippen LogP) is 4.37. The third kappa shape index (κ3) is 3.51. The Hall–Kier alpha value is -2.42. The molecule has 130 valence electrons. The molecular weight excluding hydrogens is 308 g/mol. The first-order chi connectivity index (χ1) is 11.9. The number of carbonyl (C=O) groups is 1. The second-order valence-corrected chi connectivity index (χ2v) is 7.46. The Kier molecular flexibility index (Phi) is 4.76. The zero-order valence-electron chi connectivity index (χ0n) is 15.4. The summed E-state index contributed by atoms with van der Waals surface area (Å²) in [6.07, 6.45) is 2.59. The second-order valence-electron chi connectivity index (χ2n) is 7.46. The van der Waals surface area contributed by atoms with Crippen LogP contribution < -0.4 is 5.43 Å². The molecule has 1 atom stereocenters. The number of amides is 1. The van der Waals surface area contributed by atoms with Crippen LogP contribution in [0, 0.1) is 25.7 Å². The number of nitrogens with one attached hydrogen (secondary N) is 1. The smallest absolute Gasteiger partial charge is 0.244 e. The SMILES string of the molecule is Cc1ccc(C2(c3ccc(C)cc3)C[C@H]2C(=O)N/N=C\C(C)C)cc1. The van der Waals surface area contributed by atoms with Gasteiger partial charge in [-0.1, -0.05) is 73.5 Å². The van der Waals surface area contributed by atoms with Gasteiger partial charge in [0.2, 0.25) is 5.91 Å². The summed E-state index contributed by atoms with van der Waals surface area (Å²) in [6, 6.07) is 17.1. The lowest BCUT2D eigenvalue weighted by Crippen LogP contribution is -2.25. The van der Waals surface area contributed by atoms with E-state index < -0.39 is 0 Å². The Morgan fingerprint density at radius 1 is 1.04 bits per heavy atom. The minimum atomic E-state index is -0.237. The van der Waals surface area contributed by atoms with Gasteiger partial charge in [-0.05, 0) is 37.3 Å². The molecule has 3 rings (SSSR count). The Morgan fingerprint density at radius 2 is 1.52 bits per heavy atom. The van der Waals surface area contributed by atoms with E-state index in [4.69, 9.17) is 0 Å². The standard InChI is InChI=1S/C22H26N2O/c1-15(2)14-23-24-21(25)20-13-22(20,18-9-5-16(3)6-10-18)19-11-7-17(4)8-12-19/h5-12,14-15,20H,13H2,1-4H3,(H,24,25)/b23-14-/t20-/m0/s1. The molecule has 0 aromatic heterocycles. The van der Waals surface area contributed by atoms with Crippen molar-refractivity contribution in [2.24, 2.45) is 16.9 Å². The first-order valence-electron chi connectivity index (χ1n) is 8.91. The van der Waals surface area contributed by atoms with E-state index in [0.29, 0.717) is 5.92 Å². The molecule has 3 nitrogen and oxygen atoms in total. The number of rotatable bonds is 5. The summed E-state index contributed by atoms with van der Waals surface area (Å²) in [4.78, 5) is 12.7. The van der Waals surface area contributed by atoms with E-state index in [0.717, 1.165) is 6.42 Å². The number of nitrogens with zero attached hydrogens (tertiary/aromatic N) is 1. The van der Waals surface area contributed by atoms with Gasteiger partial charge in [-0.15, -0.1) is 0 Å². The fraction of sp³-hybridized carbons (Fsp3) is 0.364. The van der Waals surface area contributed by atoms with Crippen molar-refractivity contribution in [3.8, 4) is 0 Å². The Morgan fingerprint density at radius 3 is 1.96 bits per heavy atom. The van der Waals surface area contributed by atoms with Crippen LogP contribution in [0.4, 0.5) is 0 Å². The molecule has 1 amide bonds. The zero-order chi connectivity index (χ0) is 18.0. The van der Waals surface area contributed by atoms with E-state index in [-0.39, 0.29) is 17.2 Å². The maximum Gasteiger partial charge on any atom is 0.244 e. The Balaban J connectivity index is 1.91. The summed E-state index contributed by atoms with van der Waals surface area (Å²) in [5.41, 5.74) is 7.35. The molecule has 0 aliphatic heterocycles. The molecule has 1 saturated carbocycles. The number of hydrogen-bond acceptors (Lipinski definition) is 2. The van der Waals surface area contributed by atoms with Gasteiger partial charge in [0.25, 0.3) is 0 Å². The van der Waals surface area contributed by atoms with E-state index in [1.807, 2.05) is 13.8 Å². The maximum atomic E-state index is 12.7. The minimum absolute atomic E-state index is 0.00181. The average molecular weight is 334 g/mol. The van der Waals surface area contributed by atoms with Gasteiger partial charge in [0.1, 0.15) is 0 Å². The van der Waals surface area contributed by atoms with E-state index in [2.05, 4.69) is 72.9 Å². The van der Waals surface area contributed by atoms with E-state index in [1.54, 1.807) is 6.21 Å². The number of hydrogen-bond donors (Lipinski definition) is 1. The first kappa shape index (κ1) is 17.4. The number of carbonyl (C=O) groups excluding carboxylic acids is 1. The first-order valence-corrected chi connectivity index (χ1v) is 8.91. The van der Waals surface area contributed by atoms with Crippen molar-refractivity contribution in [3.05, 3.63) is 70.8 Å². The highest BCUT2D eigenvalue weighted by molar-refractivity contribution is 5.86. The van der Waals surface area contributed by atoms with Gasteiger partial charge in [-0.3, -0.25) is 4.79 Å². The molecule has 1 aliphatic rings. The molecule has 2 aromatic carbocycles. The van der Waals surface area contributed by atoms with E-state index in [1.165, 1.54) is 22.3 Å². The summed E-state index contributed by atoms with van der Waals surface area (Å²) < 4.78 is 0. The summed E-state index contributed by atoms with van der Waals surface area (Å²) in [6.45, 7) is 8.24. The van der Waals surface area contributed by atoms with E-state index in [9.17, 15) is 4.79 Å². The third-order valence-electron chi connectivity index (χ3n) is 4.96. The van der Waals surface area contributed by atoms with Crippen LogP contribution in [0.2, 0.25) is 0 Å². The second kappa shape index (κ2) is 6.83. The monoisotopic (exact) mass is 334 g/mol. The average Bonchev–Trinajstić information content (AvgIpc) is 3.32. The Labute approximate surface area is 150 Å². The molecule has 2 aromatic rings. The summed E-state index contributed by atoms with van der Waals surface area (Å²) in [7, 11) is 0. The quantitative estimate of drug-likeness (QED) is 0.640. The van der Waals surface area contributed by atoms with Gasteiger partial charge in [-0.25, -0.2) is 5.43 Å². The highest BCUT2D eigenvalue weighted by atomic mass is 16.2. The summed E-state index contributed by atoms with van der Waals surface area (Å²) in [5, 5.41) is 4.09. The lowest BCUT2D eigenvalue weighted by atomic mass is 9.85. The van der Waals surface area contributed by atoms with Crippen LogP contribution in [-0.4, -0.2) is 12.1 Å². The van der Waals surface area contributed by atoms with Crippen molar-refractivity contribution in [2.45, 2.75) is 39.5 Å². The van der Waals surface area contributed by atoms with Gasteiger partial charge in [0.05, 0.1) is 5.92 Å². The van der Waals surface area contributed by atoms with Gasteiger partial charge >= 0.3 is 0 Å². The number of aryl methyl sites for hydroxylation is 2. The molecule has 0 saturated heterocycles. The molecule has 0 spiro atoms. The minimum Gasteiger partial charge on any atom is -0.273 e. The van der Waals surface area contributed by atoms with E-state index >= 15 is 0 Å². The molecule has 3 heteroatoms. The van der Waals surface area contributed by atoms with Gasteiger partial charge < -0.3 is 0 Å². The predicted molar refractivity (Wildman–Crippen MR) is 103 cm³/mol. The molecule has 1 fully saturated rings. The largest absolute Gasteiger partial charge is 0.273 e. The van der Waals surface area contributed by atoms with Crippen LogP contribution >= 0.6 is 0 Å². The van der Waals surface area contributed by atoms with Crippen molar-refractivity contribution in [2.75, 3.05) is 0 Å². The normalized spacial score (nSPS) is 18.5. The van der Waals surface area contributed by atoms with Crippen LogP contribution in [0.15, 0.2) is 53.6 Å². The molecule has 0 heterocycles. The van der Waals surface area contributed by atoms with Crippen molar-refractivity contribution in [1.29, 1.82) is 0 Å². The van der Waals surface area contributed by atoms with Crippen molar-refractivity contribution in [3.63, 3.8) is 0 Å². The van der Waals surface area contributed by atoms with Gasteiger partial charge in [0, 0.05) is 11.6 Å². The number of benzene rings is 2. The maximum absolute atomic E-state index is 12.7. The summed E-state index contributed by atoms with van der Waals surface area (Å²) >= 11 is 0. The van der Waals surface area contributed by atoms with Crippen LogP contribution in [0.3, 0.4) is 0 Å². The lowest BCUT2D eigenvalue weighted by Gasteiger charge is -2.19. The molecular formula is C22H26N2O. The van der Waals surface area contributed by atoms with Crippen LogP contribution in [-0.2, 0) is 10.2 Å². The van der Waals surface area contributed by atoms with Crippen molar-refractivity contribution >= 4 is 12.1 Å². The van der Waals surface area contributed by atoms with Gasteiger partial charge in [-0.2, -0.15) is 5.10 Å². The fourth-order valence-corrected chi connectivity index (χ4v) is 3.41. The van der Waals surface area contributed by atoms with Crippen LogP contribution in [0.1, 0.15) is 42.5 Å². The van der Waals surface area contributed by atoms with Crippen molar-refractivity contribution < 1.29 is 4.79 Å². The molecule has 1 aliphatic carbocycles. The molecule has 0 radical (unpaired) electrons. The molecule has 0 bridgehead atoms. The third-order valence-corrected chi connectivity index (χ3v) is 4.96. The van der Waals surface area contributed by atoms with Gasteiger partial charge in [0.15, 0.2) is 0 Å². The zero-order valence-corrected chi connectivity index (χ0v) is 15.4. The fourth-order valence-electron chi connectivity index (χ4n) is 3.41.